The molecule has 1 heterocycles. The van der Waals surface area contributed by atoms with Crippen LogP contribution >= 0.6 is 0 Å². The maximum Gasteiger partial charge on any atom is 0.225 e. The van der Waals surface area contributed by atoms with Crippen LogP contribution in [0.3, 0.4) is 0 Å². The topological polar surface area (TPSA) is 26.0 Å². The van der Waals surface area contributed by atoms with Gasteiger partial charge >= 0.3 is 0 Å². The van der Waals surface area contributed by atoms with E-state index in [2.05, 4.69) is 11.6 Å². The molecule has 0 radical (unpaired) electrons. The summed E-state index contributed by atoms with van der Waals surface area (Å²) < 4.78 is 4.99. The van der Waals surface area contributed by atoms with Crippen LogP contribution in [0.2, 0.25) is 0 Å². The third kappa shape index (κ3) is 1.35. The van der Waals surface area contributed by atoms with E-state index >= 15 is 0 Å². The van der Waals surface area contributed by atoms with E-state index in [4.69, 9.17) is 4.42 Å². The second kappa shape index (κ2) is 3.01. The van der Waals surface area contributed by atoms with Gasteiger partial charge in [-0.1, -0.05) is 18.7 Å². The largest absolute Gasteiger partial charge is 0.445 e. The summed E-state index contributed by atoms with van der Waals surface area (Å²) in [5.74, 6) is 0.582. The summed E-state index contributed by atoms with van der Waals surface area (Å²) in [6.07, 6.45) is 6.88. The molecule has 0 bridgehead atoms. The summed E-state index contributed by atoms with van der Waals surface area (Å²) in [7, 11) is 0. The van der Waals surface area contributed by atoms with Gasteiger partial charge in [0, 0.05) is 5.57 Å². The number of nitrogens with zero attached hydrogens (tertiary/aromatic N) is 1. The van der Waals surface area contributed by atoms with Crippen molar-refractivity contribution >= 4 is 5.57 Å². The quantitative estimate of drug-likeness (QED) is 0.581. The maximum absolute atomic E-state index is 4.99. The van der Waals surface area contributed by atoms with E-state index in [1.54, 1.807) is 6.20 Å². The van der Waals surface area contributed by atoms with Crippen LogP contribution < -0.4 is 0 Å². The van der Waals surface area contributed by atoms with Crippen molar-refractivity contribution in [3.05, 3.63) is 37.1 Å². The number of oxazole rings is 1. The minimum Gasteiger partial charge on any atom is -0.445 e. The molecule has 0 N–H and O–H groups in total. The molecule has 1 aromatic heterocycles. The zero-order chi connectivity index (χ0) is 7.40. The highest BCUT2D eigenvalue weighted by Crippen LogP contribution is 2.09. The van der Waals surface area contributed by atoms with Gasteiger partial charge in [-0.15, -0.1) is 0 Å². The van der Waals surface area contributed by atoms with Crippen molar-refractivity contribution in [1.29, 1.82) is 0 Å². The van der Waals surface area contributed by atoms with Gasteiger partial charge in [0.1, 0.15) is 6.26 Å². The van der Waals surface area contributed by atoms with Gasteiger partial charge < -0.3 is 4.42 Å². The number of allylic oxidation sites excluding steroid dienone is 3. The Balaban J connectivity index is 2.78. The molecule has 1 aromatic rings. The predicted octanol–water partition coefficient (Wildman–Crippen LogP) is 2.26. The van der Waals surface area contributed by atoms with Crippen LogP contribution in [0.4, 0.5) is 0 Å². The summed E-state index contributed by atoms with van der Waals surface area (Å²) >= 11 is 0. The number of hydrogen-bond donors (Lipinski definition) is 0. The smallest absolute Gasteiger partial charge is 0.225 e. The Hall–Kier alpha value is -1.31. The number of hydrogen-bond acceptors (Lipinski definition) is 2. The van der Waals surface area contributed by atoms with Crippen molar-refractivity contribution in [2.75, 3.05) is 0 Å². The van der Waals surface area contributed by atoms with E-state index in [1.807, 2.05) is 19.1 Å². The molecule has 2 heteroatoms. The Morgan fingerprint density at radius 2 is 2.60 bits per heavy atom. The molecule has 0 aliphatic rings. The highest BCUT2D eigenvalue weighted by Gasteiger charge is 1.96. The molecule has 2 nitrogen and oxygen atoms in total. The van der Waals surface area contributed by atoms with E-state index < -0.39 is 0 Å². The van der Waals surface area contributed by atoms with Gasteiger partial charge in [-0.3, -0.25) is 0 Å². The molecule has 0 saturated carbocycles. The summed E-state index contributed by atoms with van der Waals surface area (Å²) in [5, 5.41) is 0. The predicted molar refractivity (Wildman–Crippen MR) is 40.4 cm³/mol. The van der Waals surface area contributed by atoms with E-state index in [1.165, 1.54) is 6.26 Å². The van der Waals surface area contributed by atoms with Crippen molar-refractivity contribution in [1.82, 2.24) is 4.98 Å². The van der Waals surface area contributed by atoms with Crippen LogP contribution in [0.15, 0.2) is 35.6 Å². The molecule has 0 aromatic carbocycles. The Kier molecular flexibility index (Phi) is 2.05. The van der Waals surface area contributed by atoms with Crippen molar-refractivity contribution in [3.8, 4) is 0 Å². The van der Waals surface area contributed by atoms with Crippen LogP contribution in [0.5, 0.6) is 0 Å². The lowest BCUT2D eigenvalue weighted by Gasteiger charge is -1.88. The van der Waals surface area contributed by atoms with Gasteiger partial charge in [-0.25, -0.2) is 4.98 Å². The Labute approximate surface area is 59.9 Å². The molecule has 0 spiro atoms. The average molecular weight is 135 g/mol. The standard InChI is InChI=1S/C8H9NO/c1-3-4-7(2)8-9-5-6-10-8/h3-6H,2H2,1H3. The highest BCUT2D eigenvalue weighted by molar-refractivity contribution is 5.65. The van der Waals surface area contributed by atoms with Gasteiger partial charge in [-0.2, -0.15) is 0 Å². The van der Waals surface area contributed by atoms with Crippen molar-refractivity contribution in [2.45, 2.75) is 6.92 Å². The molecule has 0 aliphatic heterocycles. The number of aromatic nitrogens is 1. The molecule has 0 unspecified atom stereocenters. The molecule has 0 atom stereocenters. The van der Waals surface area contributed by atoms with Crippen LogP contribution in [0.25, 0.3) is 5.57 Å². The minimum absolute atomic E-state index is 0.582. The second-order valence-corrected chi connectivity index (χ2v) is 1.86. The van der Waals surface area contributed by atoms with Crippen molar-refractivity contribution < 1.29 is 4.42 Å². The summed E-state index contributed by atoms with van der Waals surface area (Å²) in [4.78, 5) is 3.92. The van der Waals surface area contributed by atoms with E-state index in [0.717, 1.165) is 5.57 Å². The highest BCUT2D eigenvalue weighted by atomic mass is 16.3. The first-order valence-corrected chi connectivity index (χ1v) is 3.06. The Morgan fingerprint density at radius 1 is 1.80 bits per heavy atom. The molecular formula is C8H9NO. The van der Waals surface area contributed by atoms with E-state index in [-0.39, 0.29) is 0 Å². The first-order valence-electron chi connectivity index (χ1n) is 3.06. The SMILES string of the molecule is C=C(C=CC)c1ncco1. The summed E-state index contributed by atoms with van der Waals surface area (Å²) in [6, 6.07) is 0. The molecule has 0 amide bonds. The zero-order valence-electron chi connectivity index (χ0n) is 5.87. The minimum atomic E-state index is 0.582. The maximum atomic E-state index is 4.99. The van der Waals surface area contributed by atoms with Crippen LogP contribution in [-0.4, -0.2) is 4.98 Å². The molecule has 10 heavy (non-hydrogen) atoms. The zero-order valence-corrected chi connectivity index (χ0v) is 5.87. The van der Waals surface area contributed by atoms with E-state index in [9.17, 15) is 0 Å². The third-order valence-corrected chi connectivity index (χ3v) is 1.07. The van der Waals surface area contributed by atoms with Gasteiger partial charge in [0.05, 0.1) is 6.20 Å². The third-order valence-electron chi connectivity index (χ3n) is 1.07. The van der Waals surface area contributed by atoms with Crippen molar-refractivity contribution in [2.24, 2.45) is 0 Å². The Morgan fingerprint density at radius 3 is 3.10 bits per heavy atom. The van der Waals surface area contributed by atoms with Crippen LogP contribution in [-0.2, 0) is 0 Å². The van der Waals surface area contributed by atoms with Crippen LogP contribution in [0, 0.1) is 0 Å². The first-order chi connectivity index (χ1) is 4.84. The normalized spacial score (nSPS) is 10.5. The molecular weight excluding hydrogens is 126 g/mol. The van der Waals surface area contributed by atoms with Gasteiger partial charge in [0.15, 0.2) is 0 Å². The Bertz CT molecular complexity index is 234. The molecule has 0 aliphatic carbocycles. The molecule has 1 rings (SSSR count). The fourth-order valence-corrected chi connectivity index (χ4v) is 0.655. The summed E-state index contributed by atoms with van der Waals surface area (Å²) in [6.45, 7) is 5.67. The van der Waals surface area contributed by atoms with Gasteiger partial charge in [0.2, 0.25) is 5.89 Å². The molecule has 0 fully saturated rings. The lowest BCUT2D eigenvalue weighted by molar-refractivity contribution is 0.543. The fourth-order valence-electron chi connectivity index (χ4n) is 0.655. The lowest BCUT2D eigenvalue weighted by Crippen LogP contribution is -1.75. The first kappa shape index (κ1) is 6.81. The van der Waals surface area contributed by atoms with Crippen LogP contribution in [0.1, 0.15) is 12.8 Å². The molecule has 52 valence electrons. The van der Waals surface area contributed by atoms with E-state index in [0.29, 0.717) is 5.89 Å². The molecule has 0 saturated heterocycles. The average Bonchev–Trinajstić information content (AvgIpc) is 2.38. The fraction of sp³-hybridized carbons (Fsp3) is 0.125. The summed E-state index contributed by atoms with van der Waals surface area (Å²) in [5.41, 5.74) is 0.799. The van der Waals surface area contributed by atoms with Gasteiger partial charge in [-0.05, 0) is 6.92 Å². The van der Waals surface area contributed by atoms with Crippen molar-refractivity contribution in [3.63, 3.8) is 0 Å². The second-order valence-electron chi connectivity index (χ2n) is 1.86. The monoisotopic (exact) mass is 135 g/mol. The van der Waals surface area contributed by atoms with Gasteiger partial charge in [0.25, 0.3) is 0 Å². The number of rotatable bonds is 2. The lowest BCUT2D eigenvalue weighted by atomic mass is 10.3.